The van der Waals surface area contributed by atoms with Crippen LogP contribution in [0.3, 0.4) is 0 Å². The first-order valence-electron chi connectivity index (χ1n) is 4.77. The van der Waals surface area contributed by atoms with E-state index >= 15 is 0 Å². The normalized spacial score (nSPS) is 10.1. The number of hydrogen-bond acceptors (Lipinski definition) is 2. The van der Waals surface area contributed by atoms with Crippen molar-refractivity contribution in [2.24, 2.45) is 0 Å². The molecule has 15 heavy (non-hydrogen) atoms. The van der Waals surface area contributed by atoms with E-state index in [9.17, 15) is 9.18 Å². The molecule has 0 aliphatic heterocycles. The molecule has 1 aromatic carbocycles. The van der Waals surface area contributed by atoms with Crippen molar-refractivity contribution in [1.29, 1.82) is 0 Å². The predicted molar refractivity (Wildman–Crippen MR) is 57.0 cm³/mol. The van der Waals surface area contributed by atoms with Crippen LogP contribution in [0.15, 0.2) is 18.2 Å². The van der Waals surface area contributed by atoms with Crippen molar-refractivity contribution in [2.75, 3.05) is 6.61 Å². The van der Waals surface area contributed by atoms with Crippen LogP contribution in [-0.2, 0) is 0 Å². The van der Waals surface area contributed by atoms with E-state index in [0.29, 0.717) is 6.61 Å². The van der Waals surface area contributed by atoms with E-state index < -0.39 is 11.1 Å². The lowest BCUT2D eigenvalue weighted by atomic mass is 10.2. The fraction of sp³-hybridized carbons (Fsp3) is 0.364. The summed E-state index contributed by atoms with van der Waals surface area (Å²) in [6.45, 7) is 2.45. The molecule has 0 unspecified atom stereocenters. The number of carbonyl (C=O) groups excluding carboxylic acids is 1. The maximum absolute atomic E-state index is 13.2. The first-order valence-corrected chi connectivity index (χ1v) is 5.15. The summed E-state index contributed by atoms with van der Waals surface area (Å²) >= 11 is 5.27. The molecule has 0 spiro atoms. The van der Waals surface area contributed by atoms with E-state index in [1.54, 1.807) is 0 Å². The second kappa shape index (κ2) is 5.71. The summed E-state index contributed by atoms with van der Waals surface area (Å²) in [6, 6.07) is 3.83. The van der Waals surface area contributed by atoms with E-state index in [2.05, 4.69) is 0 Å². The van der Waals surface area contributed by atoms with E-state index in [0.717, 1.165) is 12.8 Å². The summed E-state index contributed by atoms with van der Waals surface area (Å²) < 4.78 is 18.4. The van der Waals surface area contributed by atoms with Crippen molar-refractivity contribution in [2.45, 2.75) is 19.8 Å². The van der Waals surface area contributed by atoms with Crippen molar-refractivity contribution in [1.82, 2.24) is 0 Å². The van der Waals surface area contributed by atoms with Gasteiger partial charge >= 0.3 is 0 Å². The van der Waals surface area contributed by atoms with E-state index in [4.69, 9.17) is 16.3 Å². The number of carbonyl (C=O) groups is 1. The average molecular weight is 231 g/mol. The minimum absolute atomic E-state index is 0.0787. The van der Waals surface area contributed by atoms with Crippen LogP contribution in [-0.4, -0.2) is 11.8 Å². The molecule has 82 valence electrons. The first-order chi connectivity index (χ1) is 7.15. The number of benzene rings is 1. The van der Waals surface area contributed by atoms with Crippen LogP contribution < -0.4 is 4.74 Å². The van der Waals surface area contributed by atoms with Gasteiger partial charge in [0.2, 0.25) is 0 Å². The van der Waals surface area contributed by atoms with Gasteiger partial charge in [0.1, 0.15) is 0 Å². The van der Waals surface area contributed by atoms with E-state index in [-0.39, 0.29) is 11.3 Å². The average Bonchev–Trinajstić information content (AvgIpc) is 2.20. The lowest BCUT2D eigenvalue weighted by molar-refractivity contribution is 0.108. The van der Waals surface area contributed by atoms with Gasteiger partial charge in [-0.05, 0) is 36.2 Å². The molecule has 1 rings (SSSR count). The minimum atomic E-state index is -0.615. The van der Waals surface area contributed by atoms with Gasteiger partial charge in [-0.2, -0.15) is 0 Å². The monoisotopic (exact) mass is 230 g/mol. The molecular weight excluding hydrogens is 219 g/mol. The second-order valence-corrected chi connectivity index (χ2v) is 3.46. The number of unbranched alkanes of at least 4 members (excludes halogenated alkanes) is 1. The zero-order chi connectivity index (χ0) is 11.3. The molecule has 0 fully saturated rings. The van der Waals surface area contributed by atoms with Crippen molar-refractivity contribution in [3.8, 4) is 5.75 Å². The van der Waals surface area contributed by atoms with Crippen molar-refractivity contribution in [3.63, 3.8) is 0 Å². The van der Waals surface area contributed by atoms with Crippen LogP contribution in [0, 0.1) is 5.82 Å². The van der Waals surface area contributed by atoms with Crippen molar-refractivity contribution >= 4 is 16.8 Å². The topological polar surface area (TPSA) is 26.3 Å². The number of halogens is 2. The van der Waals surface area contributed by atoms with E-state index in [1.807, 2.05) is 6.92 Å². The molecule has 0 heterocycles. The summed E-state index contributed by atoms with van der Waals surface area (Å²) in [7, 11) is 0. The van der Waals surface area contributed by atoms with Gasteiger partial charge in [0.15, 0.2) is 11.6 Å². The van der Waals surface area contributed by atoms with Gasteiger partial charge in [-0.1, -0.05) is 13.3 Å². The predicted octanol–water partition coefficient (Wildman–Crippen LogP) is 3.38. The molecule has 1 aromatic rings. The Labute approximate surface area is 93.0 Å². The highest BCUT2D eigenvalue weighted by atomic mass is 35.5. The molecule has 0 saturated heterocycles. The molecule has 0 bridgehead atoms. The van der Waals surface area contributed by atoms with Crippen LogP contribution in [0.4, 0.5) is 4.39 Å². The van der Waals surface area contributed by atoms with Gasteiger partial charge in [0.25, 0.3) is 5.24 Å². The van der Waals surface area contributed by atoms with Crippen LogP contribution in [0.25, 0.3) is 0 Å². The lowest BCUT2D eigenvalue weighted by Crippen LogP contribution is -2.00. The molecule has 2 nitrogen and oxygen atoms in total. The molecule has 0 aliphatic carbocycles. The summed E-state index contributed by atoms with van der Waals surface area (Å²) in [5, 5.41) is -0.615. The number of rotatable bonds is 5. The molecule has 0 atom stereocenters. The Morgan fingerprint density at radius 3 is 2.87 bits per heavy atom. The maximum atomic E-state index is 13.2. The van der Waals surface area contributed by atoms with Gasteiger partial charge < -0.3 is 4.74 Å². The summed E-state index contributed by atoms with van der Waals surface area (Å²) in [6.07, 6.45) is 1.81. The lowest BCUT2D eigenvalue weighted by Gasteiger charge is -2.06. The van der Waals surface area contributed by atoms with Crippen LogP contribution in [0.5, 0.6) is 5.75 Å². The Bertz CT molecular complexity index is 352. The standard InChI is InChI=1S/C11H12ClFO2/c1-2-3-6-15-10-7-8(11(12)14)4-5-9(10)13/h4-5,7H,2-3,6H2,1H3. The third-order valence-electron chi connectivity index (χ3n) is 1.91. The molecule has 0 aliphatic rings. The van der Waals surface area contributed by atoms with Crippen molar-refractivity contribution < 1.29 is 13.9 Å². The Balaban J connectivity index is 2.76. The van der Waals surface area contributed by atoms with Gasteiger partial charge in [0, 0.05) is 5.56 Å². The molecule has 0 radical (unpaired) electrons. The quantitative estimate of drug-likeness (QED) is 0.573. The Morgan fingerprint density at radius 1 is 1.53 bits per heavy atom. The third kappa shape index (κ3) is 3.51. The Morgan fingerprint density at radius 2 is 2.27 bits per heavy atom. The third-order valence-corrected chi connectivity index (χ3v) is 2.13. The zero-order valence-corrected chi connectivity index (χ0v) is 9.18. The minimum Gasteiger partial charge on any atom is -0.490 e. The van der Waals surface area contributed by atoms with Gasteiger partial charge in [-0.3, -0.25) is 4.79 Å². The summed E-state index contributed by atoms with van der Waals surface area (Å²) in [5.74, 6) is -0.400. The number of ether oxygens (including phenoxy) is 1. The van der Waals surface area contributed by atoms with Crippen LogP contribution in [0.2, 0.25) is 0 Å². The maximum Gasteiger partial charge on any atom is 0.252 e. The van der Waals surface area contributed by atoms with Crippen molar-refractivity contribution in [3.05, 3.63) is 29.6 Å². The first kappa shape index (κ1) is 12.0. The van der Waals surface area contributed by atoms with Crippen LogP contribution >= 0.6 is 11.6 Å². The van der Waals surface area contributed by atoms with Gasteiger partial charge in [-0.15, -0.1) is 0 Å². The molecule has 0 amide bonds. The summed E-state index contributed by atoms with van der Waals surface area (Å²) in [5.41, 5.74) is 0.240. The molecular formula is C11H12ClFO2. The molecule has 0 saturated carbocycles. The Hall–Kier alpha value is -1.09. The summed E-state index contributed by atoms with van der Waals surface area (Å²) in [4.78, 5) is 10.8. The van der Waals surface area contributed by atoms with E-state index in [1.165, 1.54) is 18.2 Å². The fourth-order valence-corrected chi connectivity index (χ4v) is 1.18. The van der Waals surface area contributed by atoms with Gasteiger partial charge in [-0.25, -0.2) is 4.39 Å². The molecule has 0 aromatic heterocycles. The number of hydrogen-bond donors (Lipinski definition) is 0. The highest BCUT2D eigenvalue weighted by Crippen LogP contribution is 2.20. The highest BCUT2D eigenvalue weighted by Gasteiger charge is 2.08. The fourth-order valence-electron chi connectivity index (χ4n) is 1.06. The second-order valence-electron chi connectivity index (χ2n) is 3.12. The highest BCUT2D eigenvalue weighted by molar-refractivity contribution is 6.67. The van der Waals surface area contributed by atoms with Gasteiger partial charge in [0.05, 0.1) is 6.61 Å². The Kier molecular flexibility index (Phi) is 4.56. The zero-order valence-electron chi connectivity index (χ0n) is 8.43. The van der Waals surface area contributed by atoms with Crippen LogP contribution in [0.1, 0.15) is 30.1 Å². The molecule has 0 N–H and O–H groups in total. The largest absolute Gasteiger partial charge is 0.490 e. The SMILES string of the molecule is CCCCOc1cc(C(=O)Cl)ccc1F. The smallest absolute Gasteiger partial charge is 0.252 e. The molecule has 4 heteroatoms.